The second kappa shape index (κ2) is 2.14. The zero-order chi connectivity index (χ0) is 6.85. The number of thiazole rings is 1. The Morgan fingerprint density at radius 2 is 2.56 bits per heavy atom. The molecule has 48 valence electrons. The maximum Gasteiger partial charge on any atom is 0.135 e. The monoisotopic (exact) mass is 141 g/mol. The minimum atomic E-state index is 0.106. The van der Waals surface area contributed by atoms with Gasteiger partial charge < -0.3 is 5.73 Å². The lowest BCUT2D eigenvalue weighted by atomic mass is 10.4. The summed E-state index contributed by atoms with van der Waals surface area (Å²) in [6, 6.07) is 0. The summed E-state index contributed by atoms with van der Waals surface area (Å²) >= 11 is 1.40. The Bertz CT molecular complexity index is 228. The second-order valence-corrected chi connectivity index (χ2v) is 2.54. The minimum absolute atomic E-state index is 0.106. The van der Waals surface area contributed by atoms with Gasteiger partial charge in [-0.25, -0.2) is 4.98 Å². The molecule has 0 atom stereocenters. The van der Waals surface area contributed by atoms with E-state index in [-0.39, 0.29) is 5.84 Å². The molecule has 1 rings (SSSR count). The lowest BCUT2D eigenvalue weighted by Crippen LogP contribution is -2.10. The van der Waals surface area contributed by atoms with E-state index in [2.05, 4.69) is 4.98 Å². The van der Waals surface area contributed by atoms with Gasteiger partial charge in [-0.2, -0.15) is 0 Å². The molecule has 0 unspecified atom stereocenters. The van der Waals surface area contributed by atoms with Crippen LogP contribution in [0.4, 0.5) is 0 Å². The van der Waals surface area contributed by atoms with Crippen LogP contribution in [0.25, 0.3) is 0 Å². The molecule has 0 fully saturated rings. The molecule has 1 aromatic heterocycles. The average molecular weight is 141 g/mol. The summed E-state index contributed by atoms with van der Waals surface area (Å²) in [5.74, 6) is 0.106. The molecule has 0 aliphatic carbocycles. The van der Waals surface area contributed by atoms with Crippen LogP contribution in [0.5, 0.6) is 0 Å². The number of aromatic nitrogens is 1. The highest BCUT2D eigenvalue weighted by Crippen LogP contribution is 2.09. The smallest absolute Gasteiger partial charge is 0.135 e. The quantitative estimate of drug-likeness (QED) is 0.447. The van der Waals surface area contributed by atoms with Gasteiger partial charge in [0.15, 0.2) is 0 Å². The predicted octanol–water partition coefficient (Wildman–Crippen LogP) is 0.736. The Kier molecular flexibility index (Phi) is 1.48. The Labute approximate surface area is 57.0 Å². The first-order chi connectivity index (χ1) is 4.22. The number of nitrogen functional groups attached to an aromatic ring is 1. The highest BCUT2D eigenvalue weighted by Gasteiger charge is 2.01. The number of amidine groups is 1. The maximum absolute atomic E-state index is 7.04. The molecule has 3 nitrogen and oxygen atoms in total. The van der Waals surface area contributed by atoms with Crippen molar-refractivity contribution in [3.63, 3.8) is 0 Å². The Hall–Kier alpha value is -0.900. The molecule has 0 aliphatic rings. The molecule has 0 aromatic carbocycles. The Morgan fingerprint density at radius 3 is 2.78 bits per heavy atom. The van der Waals surface area contributed by atoms with Crippen LogP contribution in [0.15, 0.2) is 5.51 Å². The van der Waals surface area contributed by atoms with E-state index in [4.69, 9.17) is 11.1 Å². The summed E-state index contributed by atoms with van der Waals surface area (Å²) in [5, 5.41) is 7.04. The second-order valence-electron chi connectivity index (χ2n) is 1.68. The molecule has 4 heteroatoms. The van der Waals surface area contributed by atoms with Gasteiger partial charge in [0.05, 0.1) is 16.1 Å². The zero-order valence-corrected chi connectivity index (χ0v) is 5.83. The fourth-order valence-electron chi connectivity index (χ4n) is 0.560. The van der Waals surface area contributed by atoms with E-state index in [1.54, 1.807) is 5.51 Å². The fourth-order valence-corrected chi connectivity index (χ4v) is 1.23. The van der Waals surface area contributed by atoms with Gasteiger partial charge >= 0.3 is 0 Å². The number of nitrogens with zero attached hydrogens (tertiary/aromatic N) is 1. The molecule has 0 aliphatic heterocycles. The number of rotatable bonds is 1. The third-order valence-corrected chi connectivity index (χ3v) is 1.95. The van der Waals surface area contributed by atoms with Crippen molar-refractivity contribution >= 4 is 17.2 Å². The third kappa shape index (κ3) is 1.08. The maximum atomic E-state index is 7.04. The van der Waals surface area contributed by atoms with E-state index < -0.39 is 0 Å². The van der Waals surface area contributed by atoms with Crippen molar-refractivity contribution in [3.8, 4) is 0 Å². The van der Waals surface area contributed by atoms with E-state index in [0.717, 1.165) is 10.6 Å². The van der Waals surface area contributed by atoms with Gasteiger partial charge in [0.2, 0.25) is 0 Å². The van der Waals surface area contributed by atoms with Crippen molar-refractivity contribution < 1.29 is 0 Å². The van der Waals surface area contributed by atoms with Crippen molar-refractivity contribution in [1.29, 1.82) is 5.41 Å². The summed E-state index contributed by atoms with van der Waals surface area (Å²) < 4.78 is 0. The SMILES string of the molecule is Cc1ncsc1C(=N)N. The van der Waals surface area contributed by atoms with Crippen molar-refractivity contribution in [2.24, 2.45) is 5.73 Å². The van der Waals surface area contributed by atoms with Crippen molar-refractivity contribution in [2.75, 3.05) is 0 Å². The number of hydrogen-bond acceptors (Lipinski definition) is 3. The predicted molar refractivity (Wildman–Crippen MR) is 37.9 cm³/mol. The fraction of sp³-hybridized carbons (Fsp3) is 0.200. The van der Waals surface area contributed by atoms with Crippen LogP contribution in [0.2, 0.25) is 0 Å². The minimum Gasteiger partial charge on any atom is -0.383 e. The molecule has 0 saturated carbocycles. The standard InChI is InChI=1S/C5H7N3S/c1-3-4(5(6)7)9-2-8-3/h2H,1H3,(H3,6,7). The van der Waals surface area contributed by atoms with Crippen LogP contribution in [-0.4, -0.2) is 10.8 Å². The normalized spacial score (nSPS) is 9.44. The molecule has 0 radical (unpaired) electrons. The highest BCUT2D eigenvalue weighted by atomic mass is 32.1. The topological polar surface area (TPSA) is 62.8 Å². The number of aryl methyl sites for hydroxylation is 1. The summed E-state index contributed by atoms with van der Waals surface area (Å²) in [6.07, 6.45) is 0. The largest absolute Gasteiger partial charge is 0.383 e. The van der Waals surface area contributed by atoms with E-state index in [1.165, 1.54) is 11.3 Å². The van der Waals surface area contributed by atoms with Crippen LogP contribution >= 0.6 is 11.3 Å². The molecule has 1 aromatic rings. The lowest BCUT2D eigenvalue weighted by molar-refractivity contribution is 1.25. The van der Waals surface area contributed by atoms with E-state index in [1.807, 2.05) is 6.92 Å². The van der Waals surface area contributed by atoms with Gasteiger partial charge in [-0.3, -0.25) is 5.41 Å². The first-order valence-electron chi connectivity index (χ1n) is 2.46. The third-order valence-electron chi connectivity index (χ3n) is 0.990. The average Bonchev–Trinajstić information content (AvgIpc) is 2.13. The van der Waals surface area contributed by atoms with Crippen LogP contribution in [0.3, 0.4) is 0 Å². The van der Waals surface area contributed by atoms with Crippen LogP contribution in [-0.2, 0) is 0 Å². The number of hydrogen-bond donors (Lipinski definition) is 2. The van der Waals surface area contributed by atoms with Crippen LogP contribution in [0.1, 0.15) is 10.6 Å². The number of nitrogens with one attached hydrogen (secondary N) is 1. The molecule has 0 amide bonds. The molecule has 0 bridgehead atoms. The van der Waals surface area contributed by atoms with Gasteiger partial charge in [0.25, 0.3) is 0 Å². The van der Waals surface area contributed by atoms with Gasteiger partial charge in [-0.05, 0) is 6.92 Å². The first-order valence-corrected chi connectivity index (χ1v) is 3.34. The van der Waals surface area contributed by atoms with Crippen LogP contribution < -0.4 is 5.73 Å². The van der Waals surface area contributed by atoms with Gasteiger partial charge in [0, 0.05) is 0 Å². The molecule has 9 heavy (non-hydrogen) atoms. The van der Waals surface area contributed by atoms with E-state index in [9.17, 15) is 0 Å². The molecule has 0 saturated heterocycles. The van der Waals surface area contributed by atoms with Crippen molar-refractivity contribution in [1.82, 2.24) is 4.98 Å². The number of nitrogens with two attached hydrogens (primary N) is 1. The summed E-state index contributed by atoms with van der Waals surface area (Å²) in [6.45, 7) is 1.84. The van der Waals surface area contributed by atoms with Gasteiger partial charge in [-0.15, -0.1) is 11.3 Å². The van der Waals surface area contributed by atoms with E-state index >= 15 is 0 Å². The van der Waals surface area contributed by atoms with E-state index in [0.29, 0.717) is 0 Å². The summed E-state index contributed by atoms with van der Waals surface area (Å²) in [7, 11) is 0. The van der Waals surface area contributed by atoms with Crippen molar-refractivity contribution in [3.05, 3.63) is 16.1 Å². The lowest BCUT2D eigenvalue weighted by Gasteiger charge is -1.89. The highest BCUT2D eigenvalue weighted by molar-refractivity contribution is 7.11. The summed E-state index contributed by atoms with van der Waals surface area (Å²) in [4.78, 5) is 4.71. The molecule has 3 N–H and O–H groups in total. The molecule has 1 heterocycles. The van der Waals surface area contributed by atoms with Crippen molar-refractivity contribution in [2.45, 2.75) is 6.92 Å². The molecular formula is C5H7N3S. The first kappa shape index (κ1) is 6.22. The Morgan fingerprint density at radius 1 is 1.89 bits per heavy atom. The van der Waals surface area contributed by atoms with Crippen LogP contribution in [0, 0.1) is 12.3 Å². The molecular weight excluding hydrogens is 134 g/mol. The summed E-state index contributed by atoms with van der Waals surface area (Å²) in [5.41, 5.74) is 7.74. The van der Waals surface area contributed by atoms with Gasteiger partial charge in [0.1, 0.15) is 5.84 Å². The Balaban J connectivity index is 3.08. The van der Waals surface area contributed by atoms with Gasteiger partial charge in [-0.1, -0.05) is 0 Å². The molecule has 0 spiro atoms. The zero-order valence-electron chi connectivity index (χ0n) is 5.01.